The first-order valence-corrected chi connectivity index (χ1v) is 3.37. The molecule has 0 spiro atoms. The highest BCUT2D eigenvalue weighted by Gasteiger charge is 2.04. The van der Waals surface area contributed by atoms with Crippen molar-refractivity contribution in [3.05, 3.63) is 6.33 Å². The molecule has 0 aliphatic heterocycles. The number of hydrogen-bond acceptors (Lipinski definition) is 4. The summed E-state index contributed by atoms with van der Waals surface area (Å²) in [5, 5.41) is 9.77. The van der Waals surface area contributed by atoms with Crippen LogP contribution in [0.3, 0.4) is 0 Å². The van der Waals surface area contributed by atoms with Gasteiger partial charge in [-0.2, -0.15) is 0 Å². The zero-order chi connectivity index (χ0) is 8.97. The third kappa shape index (κ3) is 2.03. The maximum atomic E-state index is 10.9. The van der Waals surface area contributed by atoms with Crippen LogP contribution >= 0.6 is 0 Å². The minimum Gasteiger partial charge on any atom is -0.375 e. The topological polar surface area (TPSA) is 69.0 Å². The molecular weight excluding hydrogens is 160 g/mol. The molecule has 0 radical (unpaired) electrons. The number of amides is 1. The van der Waals surface area contributed by atoms with Crippen LogP contribution in [-0.2, 0) is 16.6 Å². The van der Waals surface area contributed by atoms with Crippen molar-refractivity contribution in [2.45, 2.75) is 0 Å². The second kappa shape index (κ2) is 3.82. The number of rotatable bonds is 3. The van der Waals surface area contributed by atoms with Crippen LogP contribution in [0.5, 0.6) is 0 Å². The van der Waals surface area contributed by atoms with Crippen molar-refractivity contribution in [2.24, 2.45) is 7.05 Å². The fourth-order valence-corrected chi connectivity index (χ4v) is 0.688. The number of hydrogen-bond donors (Lipinski definition) is 1. The van der Waals surface area contributed by atoms with Gasteiger partial charge in [-0.25, -0.2) is 0 Å². The molecule has 0 aliphatic rings. The number of ether oxygens (including phenoxy) is 1. The molecule has 1 amide bonds. The highest BCUT2D eigenvalue weighted by Crippen LogP contribution is 1.97. The van der Waals surface area contributed by atoms with Crippen molar-refractivity contribution in [1.82, 2.24) is 14.8 Å². The number of carbonyl (C=O) groups is 1. The summed E-state index contributed by atoms with van der Waals surface area (Å²) in [5.41, 5.74) is 0. The second-order valence-electron chi connectivity index (χ2n) is 2.25. The van der Waals surface area contributed by atoms with E-state index < -0.39 is 0 Å². The molecule has 1 aromatic heterocycles. The Bertz CT molecular complexity index is 270. The molecule has 0 unspecified atom stereocenters. The van der Waals surface area contributed by atoms with Crippen LogP contribution in [0, 0.1) is 0 Å². The zero-order valence-corrected chi connectivity index (χ0v) is 6.94. The third-order valence-electron chi connectivity index (χ3n) is 1.24. The van der Waals surface area contributed by atoms with E-state index in [2.05, 4.69) is 20.3 Å². The quantitative estimate of drug-likeness (QED) is 0.657. The number of anilines is 1. The van der Waals surface area contributed by atoms with E-state index in [1.165, 1.54) is 13.4 Å². The van der Waals surface area contributed by atoms with Crippen LogP contribution < -0.4 is 5.32 Å². The highest BCUT2D eigenvalue weighted by molar-refractivity contribution is 5.89. The van der Waals surface area contributed by atoms with E-state index in [-0.39, 0.29) is 12.5 Å². The Balaban J connectivity index is 2.52. The number of aryl methyl sites for hydroxylation is 1. The monoisotopic (exact) mass is 170 g/mol. The van der Waals surface area contributed by atoms with Gasteiger partial charge in [0.2, 0.25) is 5.95 Å². The van der Waals surface area contributed by atoms with Gasteiger partial charge in [-0.1, -0.05) is 0 Å². The van der Waals surface area contributed by atoms with Gasteiger partial charge in [0, 0.05) is 14.2 Å². The number of aromatic nitrogens is 3. The minimum atomic E-state index is -0.242. The summed E-state index contributed by atoms with van der Waals surface area (Å²) in [6.07, 6.45) is 1.50. The molecule has 0 atom stereocenters. The Morgan fingerprint density at radius 2 is 2.58 bits per heavy atom. The Hall–Kier alpha value is -1.43. The molecular formula is C6H10N4O2. The van der Waals surface area contributed by atoms with Crippen LogP contribution in [0.1, 0.15) is 0 Å². The smallest absolute Gasteiger partial charge is 0.252 e. The number of nitrogens with zero attached hydrogens (tertiary/aromatic N) is 3. The standard InChI is InChI=1S/C6H10N4O2/c1-10-4-7-9-6(10)8-5(11)3-12-2/h4H,3H2,1-2H3,(H,8,9,11). The second-order valence-corrected chi connectivity index (χ2v) is 2.25. The number of methoxy groups -OCH3 is 1. The number of carbonyl (C=O) groups excluding carboxylic acids is 1. The third-order valence-corrected chi connectivity index (χ3v) is 1.24. The Morgan fingerprint density at radius 1 is 1.83 bits per heavy atom. The molecule has 0 saturated heterocycles. The molecule has 0 saturated carbocycles. The summed E-state index contributed by atoms with van der Waals surface area (Å²) < 4.78 is 6.23. The van der Waals surface area contributed by atoms with Crippen molar-refractivity contribution in [1.29, 1.82) is 0 Å². The SMILES string of the molecule is COCC(=O)Nc1nncn1C. The van der Waals surface area contributed by atoms with Gasteiger partial charge in [-0.3, -0.25) is 10.1 Å². The van der Waals surface area contributed by atoms with Gasteiger partial charge in [0.15, 0.2) is 0 Å². The van der Waals surface area contributed by atoms with Crippen molar-refractivity contribution in [2.75, 3.05) is 19.0 Å². The molecule has 6 heteroatoms. The molecule has 0 fully saturated rings. The summed E-state index contributed by atoms with van der Waals surface area (Å²) in [4.78, 5) is 10.9. The molecule has 1 rings (SSSR count). The maximum Gasteiger partial charge on any atom is 0.252 e. The maximum absolute atomic E-state index is 10.9. The lowest BCUT2D eigenvalue weighted by atomic mass is 10.6. The van der Waals surface area contributed by atoms with E-state index in [1.54, 1.807) is 11.6 Å². The fourth-order valence-electron chi connectivity index (χ4n) is 0.688. The van der Waals surface area contributed by atoms with E-state index in [9.17, 15) is 4.79 Å². The first-order chi connectivity index (χ1) is 5.74. The Morgan fingerprint density at radius 3 is 3.08 bits per heavy atom. The van der Waals surface area contributed by atoms with Gasteiger partial charge in [0.25, 0.3) is 5.91 Å². The van der Waals surface area contributed by atoms with Crippen LogP contribution in [0.15, 0.2) is 6.33 Å². The molecule has 0 aliphatic carbocycles. The van der Waals surface area contributed by atoms with E-state index in [1.807, 2.05) is 0 Å². The summed E-state index contributed by atoms with van der Waals surface area (Å²) >= 11 is 0. The lowest BCUT2D eigenvalue weighted by molar-refractivity contribution is -0.119. The lowest BCUT2D eigenvalue weighted by Gasteiger charge is -2.01. The van der Waals surface area contributed by atoms with Gasteiger partial charge in [0.05, 0.1) is 0 Å². The fraction of sp³-hybridized carbons (Fsp3) is 0.500. The number of nitrogens with one attached hydrogen (secondary N) is 1. The van der Waals surface area contributed by atoms with E-state index in [4.69, 9.17) is 0 Å². The van der Waals surface area contributed by atoms with Gasteiger partial charge in [0.1, 0.15) is 12.9 Å². The molecule has 6 nitrogen and oxygen atoms in total. The summed E-state index contributed by atoms with van der Waals surface area (Å²) in [6, 6.07) is 0. The van der Waals surface area contributed by atoms with Crippen molar-refractivity contribution >= 4 is 11.9 Å². The highest BCUT2D eigenvalue weighted by atomic mass is 16.5. The molecule has 0 aromatic carbocycles. The van der Waals surface area contributed by atoms with E-state index >= 15 is 0 Å². The predicted molar refractivity (Wildman–Crippen MR) is 41.5 cm³/mol. The van der Waals surface area contributed by atoms with E-state index in [0.29, 0.717) is 5.95 Å². The Labute approximate surface area is 69.5 Å². The summed E-state index contributed by atoms with van der Waals surface area (Å²) in [7, 11) is 3.19. The minimum absolute atomic E-state index is 0.0207. The van der Waals surface area contributed by atoms with Gasteiger partial charge in [-0.05, 0) is 0 Å². The largest absolute Gasteiger partial charge is 0.375 e. The molecule has 66 valence electrons. The van der Waals surface area contributed by atoms with Crippen molar-refractivity contribution in [3.8, 4) is 0 Å². The average Bonchev–Trinajstić information content (AvgIpc) is 2.37. The lowest BCUT2D eigenvalue weighted by Crippen LogP contribution is -2.19. The molecule has 12 heavy (non-hydrogen) atoms. The van der Waals surface area contributed by atoms with Crippen molar-refractivity contribution in [3.63, 3.8) is 0 Å². The first-order valence-electron chi connectivity index (χ1n) is 3.37. The predicted octanol–water partition coefficient (Wildman–Crippen LogP) is -0.600. The molecule has 1 heterocycles. The normalized spacial score (nSPS) is 9.83. The molecule has 0 bridgehead atoms. The van der Waals surface area contributed by atoms with E-state index in [0.717, 1.165) is 0 Å². The molecule has 1 aromatic rings. The van der Waals surface area contributed by atoms with Gasteiger partial charge in [-0.15, -0.1) is 10.2 Å². The summed E-state index contributed by atoms with van der Waals surface area (Å²) in [5.74, 6) is 0.172. The van der Waals surface area contributed by atoms with Gasteiger partial charge < -0.3 is 9.30 Å². The van der Waals surface area contributed by atoms with Crippen LogP contribution in [-0.4, -0.2) is 34.4 Å². The molecule has 1 N–H and O–H groups in total. The van der Waals surface area contributed by atoms with Crippen molar-refractivity contribution < 1.29 is 9.53 Å². The van der Waals surface area contributed by atoms with Crippen LogP contribution in [0.4, 0.5) is 5.95 Å². The summed E-state index contributed by atoms with van der Waals surface area (Å²) in [6.45, 7) is 0.0207. The van der Waals surface area contributed by atoms with Crippen LogP contribution in [0.25, 0.3) is 0 Å². The zero-order valence-electron chi connectivity index (χ0n) is 6.94. The Kier molecular flexibility index (Phi) is 2.76. The first kappa shape index (κ1) is 8.66. The van der Waals surface area contributed by atoms with Gasteiger partial charge >= 0.3 is 0 Å². The van der Waals surface area contributed by atoms with Crippen LogP contribution in [0.2, 0.25) is 0 Å². The average molecular weight is 170 g/mol.